The van der Waals surface area contributed by atoms with E-state index in [9.17, 15) is 5.11 Å². The summed E-state index contributed by atoms with van der Waals surface area (Å²) in [6, 6.07) is 0. The van der Waals surface area contributed by atoms with Gasteiger partial charge in [0.25, 0.3) is 0 Å². The van der Waals surface area contributed by atoms with Crippen molar-refractivity contribution >= 4 is 0 Å². The third-order valence-electron chi connectivity index (χ3n) is 6.39. The summed E-state index contributed by atoms with van der Waals surface area (Å²) < 4.78 is 7.93. The fourth-order valence-corrected chi connectivity index (χ4v) is 5.77. The normalized spacial score (nSPS) is 57.9. The molecule has 3 rings (SSSR count). The van der Waals surface area contributed by atoms with E-state index < -0.39 is 6.58 Å². The highest BCUT2D eigenvalue weighted by Gasteiger charge is 2.70. The van der Waals surface area contributed by atoms with E-state index >= 15 is 0 Å². The van der Waals surface area contributed by atoms with Crippen molar-refractivity contribution in [1.82, 2.24) is 0 Å². The molecule has 0 aromatic rings. The van der Waals surface area contributed by atoms with Crippen LogP contribution in [-0.4, -0.2) is 11.7 Å². The quantitative estimate of drug-likeness (QED) is 0.672. The molecule has 2 saturated carbocycles. The molecule has 0 heterocycles. The second-order valence-electron chi connectivity index (χ2n) is 6.59. The maximum atomic E-state index is 10.0. The highest BCUT2D eigenvalue weighted by atomic mass is 16.3. The van der Waals surface area contributed by atoms with Gasteiger partial charge in [0.15, 0.2) is 0 Å². The smallest absolute Gasteiger partial charge is 0.0573 e. The van der Waals surface area contributed by atoms with Crippen molar-refractivity contribution in [3.63, 3.8) is 0 Å². The van der Waals surface area contributed by atoms with Gasteiger partial charge in [0.05, 0.1) is 7.95 Å². The maximum absolute atomic E-state index is 10.0. The second kappa shape index (κ2) is 2.93. The summed E-state index contributed by atoms with van der Waals surface area (Å²) >= 11 is 0. The van der Waals surface area contributed by atoms with E-state index in [1.54, 1.807) is 0 Å². The molecule has 2 fully saturated rings. The van der Waals surface area contributed by atoms with Crippen molar-refractivity contribution in [2.45, 2.75) is 52.9 Å². The number of rotatable bonds is 1. The van der Waals surface area contributed by atoms with E-state index in [-0.39, 0.29) is 10.8 Å². The minimum atomic E-state index is -0.970. The van der Waals surface area contributed by atoms with E-state index in [4.69, 9.17) is 1.37 Å². The molecule has 0 aromatic carbocycles. The van der Waals surface area contributed by atoms with E-state index in [2.05, 4.69) is 26.8 Å². The van der Waals surface area contributed by atoms with Crippen LogP contribution in [-0.2, 0) is 0 Å². The van der Waals surface area contributed by atoms with Crippen LogP contribution >= 0.6 is 0 Å². The fourth-order valence-electron chi connectivity index (χ4n) is 5.77. The highest BCUT2D eigenvalue weighted by molar-refractivity contribution is 5.38. The molecular weight excluding hydrogens is 196 g/mol. The Bertz CT molecular complexity index is 388. The van der Waals surface area contributed by atoms with Gasteiger partial charge in [-0.3, -0.25) is 0 Å². The molecule has 3 aliphatic rings. The fraction of sp³-hybridized carbons (Fsp3) is 0.867. The molecule has 90 valence electrons. The first-order chi connectivity index (χ1) is 7.91. The van der Waals surface area contributed by atoms with Crippen LogP contribution in [0.2, 0.25) is 0 Å². The van der Waals surface area contributed by atoms with Gasteiger partial charge in [0.2, 0.25) is 0 Å². The van der Waals surface area contributed by atoms with Crippen molar-refractivity contribution in [3.05, 3.63) is 11.6 Å². The SMILES string of the molecule is [2H]C(O)[C@@]1(C)C=C(C)[C@]23CCC[C@@]21CC[C@H]3C. The lowest BCUT2D eigenvalue weighted by molar-refractivity contribution is -0.00503. The van der Waals surface area contributed by atoms with Crippen LogP contribution in [0.5, 0.6) is 0 Å². The molecule has 1 heteroatoms. The molecule has 1 nitrogen and oxygen atoms in total. The van der Waals surface area contributed by atoms with Crippen LogP contribution in [0.4, 0.5) is 0 Å². The predicted octanol–water partition coefficient (Wildman–Crippen LogP) is 3.53. The predicted molar refractivity (Wildman–Crippen MR) is 66.1 cm³/mol. The Kier molecular flexibility index (Phi) is 1.78. The standard InChI is InChI=1S/C15H24O/c1-11-5-8-14-6-4-7-15(11,14)12(2)9-13(14,3)10-16/h9,11,16H,4-8,10H2,1-3H3/t11-,13-,14+,15-/m1/s1/i10D/t10?,11-,13-,14+,15-. The van der Waals surface area contributed by atoms with Crippen molar-refractivity contribution in [2.75, 3.05) is 6.58 Å². The molecule has 1 N–H and O–H groups in total. The molecule has 1 unspecified atom stereocenters. The summed E-state index contributed by atoms with van der Waals surface area (Å²) in [5.41, 5.74) is 1.64. The van der Waals surface area contributed by atoms with Gasteiger partial charge in [-0.25, -0.2) is 0 Å². The zero-order valence-corrected chi connectivity index (χ0v) is 10.7. The molecule has 0 amide bonds. The lowest BCUT2D eigenvalue weighted by Gasteiger charge is -2.47. The Morgan fingerprint density at radius 1 is 1.50 bits per heavy atom. The monoisotopic (exact) mass is 221 g/mol. The van der Waals surface area contributed by atoms with Gasteiger partial charge in [0.1, 0.15) is 0 Å². The van der Waals surface area contributed by atoms with Gasteiger partial charge in [0, 0.05) is 10.8 Å². The van der Waals surface area contributed by atoms with E-state index in [0.717, 1.165) is 5.92 Å². The van der Waals surface area contributed by atoms with Crippen molar-refractivity contribution < 1.29 is 6.48 Å². The Morgan fingerprint density at radius 2 is 2.25 bits per heavy atom. The van der Waals surface area contributed by atoms with Gasteiger partial charge in [-0.1, -0.05) is 31.9 Å². The van der Waals surface area contributed by atoms with Crippen LogP contribution in [0.1, 0.15) is 54.2 Å². The minimum absolute atomic E-state index is 0.185. The lowest BCUT2D eigenvalue weighted by Crippen LogP contribution is -2.44. The van der Waals surface area contributed by atoms with Crippen LogP contribution in [0.25, 0.3) is 0 Å². The largest absolute Gasteiger partial charge is 0.395 e. The summed E-state index contributed by atoms with van der Waals surface area (Å²) in [6.07, 6.45) is 8.48. The molecule has 0 bridgehead atoms. The summed E-state index contributed by atoms with van der Waals surface area (Å²) in [4.78, 5) is 0. The molecular formula is C15H24O. The number of aliphatic hydroxyl groups is 1. The molecule has 3 aliphatic carbocycles. The number of aliphatic hydroxyl groups excluding tert-OH is 1. The van der Waals surface area contributed by atoms with Crippen molar-refractivity contribution in [2.24, 2.45) is 22.2 Å². The van der Waals surface area contributed by atoms with E-state index in [0.29, 0.717) is 5.41 Å². The number of hydrogen-bond donors (Lipinski definition) is 1. The number of allylic oxidation sites excluding steroid dienone is 1. The molecule has 0 radical (unpaired) electrons. The first kappa shape index (κ1) is 9.70. The van der Waals surface area contributed by atoms with Gasteiger partial charge in [-0.05, 0) is 43.9 Å². The molecule has 16 heavy (non-hydrogen) atoms. The van der Waals surface area contributed by atoms with Crippen molar-refractivity contribution in [1.29, 1.82) is 0 Å². The van der Waals surface area contributed by atoms with Gasteiger partial charge >= 0.3 is 0 Å². The zero-order valence-electron chi connectivity index (χ0n) is 11.7. The van der Waals surface area contributed by atoms with Crippen LogP contribution in [0, 0.1) is 22.2 Å². The van der Waals surface area contributed by atoms with Gasteiger partial charge in [-0.2, -0.15) is 0 Å². The Labute approximate surface area is 100 Å². The minimum Gasteiger partial charge on any atom is -0.395 e. The second-order valence-corrected chi connectivity index (χ2v) is 6.59. The topological polar surface area (TPSA) is 20.2 Å². The summed E-state index contributed by atoms with van der Waals surface area (Å²) in [6.45, 7) is 5.78. The van der Waals surface area contributed by atoms with Crippen molar-refractivity contribution in [3.8, 4) is 0 Å². The third kappa shape index (κ3) is 0.827. The molecule has 0 spiro atoms. The highest BCUT2D eigenvalue weighted by Crippen LogP contribution is 2.77. The molecule has 0 aliphatic heterocycles. The average Bonchev–Trinajstić information content (AvgIpc) is 2.81. The summed E-state index contributed by atoms with van der Waals surface area (Å²) in [5, 5.41) is 10.0. The molecule has 0 aromatic heterocycles. The van der Waals surface area contributed by atoms with Gasteiger partial charge in [-0.15, -0.1) is 0 Å². The summed E-state index contributed by atoms with van der Waals surface area (Å²) in [5.74, 6) is 0.724. The zero-order chi connectivity index (χ0) is 12.5. The van der Waals surface area contributed by atoms with Crippen LogP contribution in [0.3, 0.4) is 0 Å². The van der Waals surface area contributed by atoms with E-state index in [1.165, 1.54) is 37.7 Å². The summed E-state index contributed by atoms with van der Waals surface area (Å²) in [7, 11) is 0. The van der Waals surface area contributed by atoms with Gasteiger partial charge < -0.3 is 5.11 Å². The first-order valence-corrected chi connectivity index (χ1v) is 6.71. The van der Waals surface area contributed by atoms with Crippen LogP contribution in [0.15, 0.2) is 11.6 Å². The van der Waals surface area contributed by atoms with E-state index in [1.807, 2.05) is 0 Å². The molecule has 0 saturated heterocycles. The Balaban J connectivity index is 2.21. The lowest BCUT2D eigenvalue weighted by atomic mass is 9.56. The Morgan fingerprint density at radius 3 is 2.94 bits per heavy atom. The molecule has 5 atom stereocenters. The van der Waals surface area contributed by atoms with Crippen LogP contribution < -0.4 is 0 Å². The Hall–Kier alpha value is -0.300. The average molecular weight is 221 g/mol. The maximum Gasteiger partial charge on any atom is 0.0573 e. The third-order valence-corrected chi connectivity index (χ3v) is 6.39. The number of hydrogen-bond acceptors (Lipinski definition) is 1. The first-order valence-electron chi connectivity index (χ1n) is 7.29.